The van der Waals surface area contributed by atoms with Gasteiger partial charge in [-0.15, -0.1) is 0 Å². The van der Waals surface area contributed by atoms with Crippen LogP contribution in [0.25, 0.3) is 0 Å². The van der Waals surface area contributed by atoms with Gasteiger partial charge in [0.1, 0.15) is 0 Å². The SMILES string of the molecule is N#Cc1cc(Br)cc(NN)c1. The molecule has 56 valence electrons. The molecule has 0 aliphatic heterocycles. The van der Waals surface area contributed by atoms with Gasteiger partial charge in [-0.1, -0.05) is 15.9 Å². The molecule has 1 aromatic rings. The number of nitrogens with one attached hydrogen (secondary N) is 1. The summed E-state index contributed by atoms with van der Waals surface area (Å²) >= 11 is 3.25. The molecule has 0 amide bonds. The van der Waals surface area contributed by atoms with E-state index in [0.29, 0.717) is 5.56 Å². The second-order valence-electron chi connectivity index (χ2n) is 1.98. The van der Waals surface area contributed by atoms with Crippen LogP contribution >= 0.6 is 15.9 Å². The Morgan fingerprint density at radius 2 is 2.18 bits per heavy atom. The Labute approximate surface area is 72.9 Å². The molecule has 0 radical (unpaired) electrons. The van der Waals surface area contributed by atoms with Crippen LogP contribution in [0.3, 0.4) is 0 Å². The minimum atomic E-state index is 0.576. The van der Waals surface area contributed by atoms with Gasteiger partial charge in [0.25, 0.3) is 0 Å². The molecular formula is C7H6BrN3. The molecule has 0 aromatic heterocycles. The molecule has 1 rings (SSSR count). The number of nitrogens with zero attached hydrogens (tertiary/aromatic N) is 1. The molecule has 4 heteroatoms. The lowest BCUT2D eigenvalue weighted by Gasteiger charge is -1.99. The largest absolute Gasteiger partial charge is 0.324 e. The highest BCUT2D eigenvalue weighted by molar-refractivity contribution is 9.10. The maximum atomic E-state index is 8.54. The van der Waals surface area contributed by atoms with Crippen molar-refractivity contribution in [1.29, 1.82) is 5.26 Å². The Kier molecular flexibility index (Phi) is 2.47. The van der Waals surface area contributed by atoms with Crippen molar-refractivity contribution in [3.8, 4) is 6.07 Å². The van der Waals surface area contributed by atoms with Crippen LogP contribution < -0.4 is 11.3 Å². The summed E-state index contributed by atoms with van der Waals surface area (Å²) in [6.45, 7) is 0. The van der Waals surface area contributed by atoms with Crippen molar-refractivity contribution in [2.45, 2.75) is 0 Å². The van der Waals surface area contributed by atoms with Crippen LogP contribution in [-0.4, -0.2) is 0 Å². The number of nitrogens with two attached hydrogens (primary N) is 1. The number of nitriles is 1. The minimum absolute atomic E-state index is 0.576. The third-order valence-electron chi connectivity index (χ3n) is 1.19. The second kappa shape index (κ2) is 3.37. The van der Waals surface area contributed by atoms with Crippen molar-refractivity contribution in [3.05, 3.63) is 28.2 Å². The molecule has 0 spiro atoms. The summed E-state index contributed by atoms with van der Waals surface area (Å²) in [5.74, 6) is 5.16. The summed E-state index contributed by atoms with van der Waals surface area (Å²) in [7, 11) is 0. The van der Waals surface area contributed by atoms with E-state index in [-0.39, 0.29) is 0 Å². The van der Waals surface area contributed by atoms with Gasteiger partial charge >= 0.3 is 0 Å². The van der Waals surface area contributed by atoms with Crippen LogP contribution in [0.4, 0.5) is 5.69 Å². The molecule has 0 aliphatic rings. The highest BCUT2D eigenvalue weighted by atomic mass is 79.9. The van der Waals surface area contributed by atoms with E-state index in [4.69, 9.17) is 11.1 Å². The number of benzene rings is 1. The number of hydrazine groups is 1. The van der Waals surface area contributed by atoms with E-state index >= 15 is 0 Å². The predicted octanol–water partition coefficient (Wildman–Crippen LogP) is 1.61. The van der Waals surface area contributed by atoms with Gasteiger partial charge in [0.15, 0.2) is 0 Å². The van der Waals surface area contributed by atoms with E-state index in [1.807, 2.05) is 6.07 Å². The van der Waals surface area contributed by atoms with Crippen molar-refractivity contribution in [2.24, 2.45) is 5.84 Å². The van der Waals surface area contributed by atoms with E-state index in [1.165, 1.54) is 0 Å². The fraction of sp³-hybridized carbons (Fsp3) is 0. The summed E-state index contributed by atoms with van der Waals surface area (Å²) in [6.07, 6.45) is 0. The predicted molar refractivity (Wildman–Crippen MR) is 46.7 cm³/mol. The first-order valence-electron chi connectivity index (χ1n) is 2.93. The Morgan fingerprint density at radius 1 is 1.45 bits per heavy atom. The average molecular weight is 212 g/mol. The molecule has 0 saturated carbocycles. The second-order valence-corrected chi connectivity index (χ2v) is 2.90. The fourth-order valence-electron chi connectivity index (χ4n) is 0.738. The average Bonchev–Trinajstić information content (AvgIpc) is 2.03. The van der Waals surface area contributed by atoms with Gasteiger partial charge in [-0.05, 0) is 18.2 Å². The zero-order valence-electron chi connectivity index (χ0n) is 5.63. The van der Waals surface area contributed by atoms with Crippen molar-refractivity contribution in [1.82, 2.24) is 0 Å². The molecule has 0 fully saturated rings. The van der Waals surface area contributed by atoms with Gasteiger partial charge in [-0.2, -0.15) is 5.26 Å². The molecule has 0 aliphatic carbocycles. The van der Waals surface area contributed by atoms with Gasteiger partial charge in [0.2, 0.25) is 0 Å². The van der Waals surface area contributed by atoms with E-state index < -0.39 is 0 Å². The number of halogens is 1. The normalized spacial score (nSPS) is 8.82. The van der Waals surface area contributed by atoms with E-state index in [0.717, 1.165) is 10.2 Å². The van der Waals surface area contributed by atoms with Crippen LogP contribution in [0.15, 0.2) is 22.7 Å². The lowest BCUT2D eigenvalue weighted by Crippen LogP contribution is -2.06. The molecule has 0 saturated heterocycles. The number of hydrogen-bond acceptors (Lipinski definition) is 3. The lowest BCUT2D eigenvalue weighted by atomic mass is 10.2. The molecule has 0 bridgehead atoms. The molecule has 3 nitrogen and oxygen atoms in total. The molecule has 1 aromatic carbocycles. The zero-order valence-corrected chi connectivity index (χ0v) is 7.22. The van der Waals surface area contributed by atoms with Gasteiger partial charge in [0.05, 0.1) is 17.3 Å². The monoisotopic (exact) mass is 211 g/mol. The highest BCUT2D eigenvalue weighted by Gasteiger charge is 1.95. The highest BCUT2D eigenvalue weighted by Crippen LogP contribution is 2.17. The third-order valence-corrected chi connectivity index (χ3v) is 1.65. The van der Waals surface area contributed by atoms with Crippen molar-refractivity contribution >= 4 is 21.6 Å². The van der Waals surface area contributed by atoms with Crippen LogP contribution in [0, 0.1) is 11.3 Å². The summed E-state index contributed by atoms with van der Waals surface area (Å²) in [5, 5.41) is 8.54. The maximum Gasteiger partial charge on any atom is 0.0992 e. The van der Waals surface area contributed by atoms with E-state index in [2.05, 4.69) is 21.4 Å². The molecular weight excluding hydrogens is 206 g/mol. The van der Waals surface area contributed by atoms with Crippen LogP contribution in [0.1, 0.15) is 5.56 Å². The summed E-state index contributed by atoms with van der Waals surface area (Å²) in [6, 6.07) is 7.20. The minimum Gasteiger partial charge on any atom is -0.324 e. The first kappa shape index (κ1) is 8.05. The number of rotatable bonds is 1. The number of nitrogen functional groups attached to an aromatic ring is 1. The Morgan fingerprint density at radius 3 is 2.73 bits per heavy atom. The lowest BCUT2D eigenvalue weighted by molar-refractivity contribution is 1.34. The fourth-order valence-corrected chi connectivity index (χ4v) is 1.23. The summed E-state index contributed by atoms with van der Waals surface area (Å²) in [5.41, 5.74) is 3.76. The third kappa shape index (κ3) is 1.93. The molecule has 11 heavy (non-hydrogen) atoms. The van der Waals surface area contributed by atoms with Gasteiger partial charge in [-0.25, -0.2) is 0 Å². The summed E-state index contributed by atoms with van der Waals surface area (Å²) in [4.78, 5) is 0. The Hall–Kier alpha value is -1.05. The van der Waals surface area contributed by atoms with Crippen molar-refractivity contribution < 1.29 is 0 Å². The van der Waals surface area contributed by atoms with Crippen molar-refractivity contribution in [3.63, 3.8) is 0 Å². The van der Waals surface area contributed by atoms with Crippen LogP contribution in [0.5, 0.6) is 0 Å². The van der Waals surface area contributed by atoms with Crippen molar-refractivity contribution in [2.75, 3.05) is 5.43 Å². The zero-order chi connectivity index (χ0) is 8.27. The smallest absolute Gasteiger partial charge is 0.0992 e. The summed E-state index contributed by atoms with van der Waals surface area (Å²) < 4.78 is 0.838. The van der Waals surface area contributed by atoms with Gasteiger partial charge in [-0.3, -0.25) is 5.84 Å². The van der Waals surface area contributed by atoms with Gasteiger partial charge < -0.3 is 5.43 Å². The number of hydrogen-bond donors (Lipinski definition) is 2. The molecule has 0 atom stereocenters. The number of anilines is 1. The van der Waals surface area contributed by atoms with Crippen LogP contribution in [-0.2, 0) is 0 Å². The van der Waals surface area contributed by atoms with Gasteiger partial charge in [0, 0.05) is 4.47 Å². The Bertz CT molecular complexity index is 303. The maximum absolute atomic E-state index is 8.54. The quantitative estimate of drug-likeness (QED) is 0.549. The molecule has 3 N–H and O–H groups in total. The first-order valence-corrected chi connectivity index (χ1v) is 3.73. The topological polar surface area (TPSA) is 61.8 Å². The van der Waals surface area contributed by atoms with E-state index in [1.54, 1.807) is 18.2 Å². The first-order chi connectivity index (χ1) is 5.26. The molecule has 0 heterocycles. The van der Waals surface area contributed by atoms with E-state index in [9.17, 15) is 0 Å². The molecule has 0 unspecified atom stereocenters. The standard InChI is InChI=1S/C7H6BrN3/c8-6-1-5(4-9)2-7(3-6)11-10/h1-3,11H,10H2. The van der Waals surface area contributed by atoms with Crippen LogP contribution in [0.2, 0.25) is 0 Å². The Balaban J connectivity index is 3.15.